The molecule has 2 saturated heterocycles. The van der Waals surface area contributed by atoms with Gasteiger partial charge >= 0.3 is 0 Å². The highest BCUT2D eigenvalue weighted by Gasteiger charge is 2.52. The number of anilines is 2. The average molecular weight is 1010 g/mol. The van der Waals surface area contributed by atoms with Gasteiger partial charge < -0.3 is 26.2 Å². The number of hydrogen-bond donors (Lipinski definition) is 4. The van der Waals surface area contributed by atoms with Crippen molar-refractivity contribution in [2.24, 2.45) is 46.3 Å². The van der Waals surface area contributed by atoms with Crippen LogP contribution in [0.4, 0.5) is 11.6 Å². The van der Waals surface area contributed by atoms with E-state index in [9.17, 15) is 9.59 Å². The van der Waals surface area contributed by atoms with Gasteiger partial charge in [-0.15, -0.1) is 0 Å². The largest absolute Gasteiger partial charge is 0.369 e. The number of amides is 1. The zero-order valence-electron chi connectivity index (χ0n) is 38.5. The van der Waals surface area contributed by atoms with Crippen molar-refractivity contribution in [1.82, 2.24) is 40.4 Å². The van der Waals surface area contributed by atoms with Gasteiger partial charge in [0, 0.05) is 37.3 Å². The molecule has 0 atom stereocenters. The van der Waals surface area contributed by atoms with E-state index < -0.39 is 0 Å². The van der Waals surface area contributed by atoms with Crippen LogP contribution in [-0.4, -0.2) is 105 Å². The lowest BCUT2D eigenvalue weighted by molar-refractivity contribution is -0.133. The second kappa shape index (κ2) is 21.8. The molecule has 10 fully saturated rings. The molecule has 0 spiro atoms. The second-order valence-corrected chi connectivity index (χ2v) is 23.4. The lowest BCUT2D eigenvalue weighted by atomic mass is 9.49. The Morgan fingerprint density at radius 3 is 1.58 bits per heavy atom. The smallest absolute Gasteiger partial charge is 0.237 e. The van der Waals surface area contributed by atoms with Gasteiger partial charge in [-0.3, -0.25) is 14.5 Å². The summed E-state index contributed by atoms with van der Waals surface area (Å²) in [6, 6.07) is 0. The van der Waals surface area contributed by atoms with E-state index in [0.29, 0.717) is 29.2 Å². The van der Waals surface area contributed by atoms with Gasteiger partial charge in [-0.1, -0.05) is 28.8 Å². The summed E-state index contributed by atoms with van der Waals surface area (Å²) >= 11 is 5.60. The number of piperidine rings is 2. The first kappa shape index (κ1) is 46.8. The maximum atomic E-state index is 12.9. The Bertz CT molecular complexity index is 1810. The fourth-order valence-electron chi connectivity index (χ4n) is 14.9. The lowest BCUT2D eigenvalue weighted by Gasteiger charge is -2.57. The Kier molecular flexibility index (Phi) is 15.9. The number of alkyl halides is 1. The Hall–Kier alpha value is -2.26. The van der Waals surface area contributed by atoms with Gasteiger partial charge in [0.15, 0.2) is 0 Å². The van der Waals surface area contributed by atoms with Crippen molar-refractivity contribution in [3.05, 3.63) is 35.2 Å². The number of fused-ring (bicyclic) bond motifs is 2. The summed E-state index contributed by atoms with van der Waals surface area (Å²) in [5.41, 5.74) is 5.90. The highest BCUT2D eigenvalue weighted by molar-refractivity contribution is 9.19. The third-order valence-electron chi connectivity index (χ3n) is 16.9. The normalized spacial score (nSPS) is 32.9. The summed E-state index contributed by atoms with van der Waals surface area (Å²) in [5, 5.41) is 14.6. The minimum atomic E-state index is -0.0162. The van der Waals surface area contributed by atoms with Crippen molar-refractivity contribution in [2.75, 3.05) is 74.9 Å². The van der Waals surface area contributed by atoms with Crippen LogP contribution in [0.1, 0.15) is 138 Å². The monoisotopic (exact) mass is 1010 g/mol. The molecule has 12 nitrogen and oxygen atoms in total. The van der Waals surface area contributed by atoms with Crippen LogP contribution in [0.25, 0.3) is 0 Å². The molecule has 0 aromatic carbocycles. The fraction of sp³-hybridized carbons (Fsp3) is 0.800. The summed E-state index contributed by atoms with van der Waals surface area (Å²) in [5.74, 6) is 8.41. The zero-order valence-corrected chi connectivity index (χ0v) is 41.7. The van der Waals surface area contributed by atoms with Gasteiger partial charge in [0.25, 0.3) is 0 Å². The predicted octanol–water partition coefficient (Wildman–Crippen LogP) is 8.29. The number of likely N-dealkylation sites (tertiary alicyclic amines) is 1. The van der Waals surface area contributed by atoms with Gasteiger partial charge in [-0.2, -0.15) is 0 Å². The molecule has 4 aliphatic heterocycles. The molecule has 8 saturated carbocycles. The van der Waals surface area contributed by atoms with Gasteiger partial charge in [-0.25, -0.2) is 19.9 Å². The van der Waals surface area contributed by atoms with E-state index in [1.807, 2.05) is 4.90 Å². The molecule has 64 heavy (non-hydrogen) atoms. The number of aromatic nitrogens is 4. The van der Waals surface area contributed by atoms with Crippen molar-refractivity contribution in [1.29, 1.82) is 0 Å². The lowest BCUT2D eigenvalue weighted by Crippen LogP contribution is -2.49. The molecule has 8 bridgehead atoms. The van der Waals surface area contributed by atoms with E-state index in [4.69, 9.17) is 0 Å². The number of nitrogens with zero attached hydrogens (tertiary/aromatic N) is 6. The third kappa shape index (κ3) is 11.9. The highest BCUT2D eigenvalue weighted by atomic mass is 79.9. The summed E-state index contributed by atoms with van der Waals surface area (Å²) < 4.78 is -0.0162. The molecular weight excluding hydrogens is 932 g/mol. The van der Waals surface area contributed by atoms with Crippen molar-refractivity contribution in [3.63, 3.8) is 0 Å². The van der Waals surface area contributed by atoms with Crippen LogP contribution < -0.4 is 21.3 Å². The van der Waals surface area contributed by atoms with Crippen LogP contribution in [0.3, 0.4) is 0 Å². The summed E-state index contributed by atoms with van der Waals surface area (Å²) in [4.78, 5) is 45.1. The SMILES string of the molecule is C1CCNCC1.O=C(Br)CBr.O=C(CN1CCCCC1)N1CCc2c(ncnc2NCC23CC4CC(CC(C4)C2)C3)C1.c1nc2c(c(NCC34CC5CC(CC(C5)C3)C4)n1)CCNC2. The summed E-state index contributed by atoms with van der Waals surface area (Å²) in [6.45, 7) is 10.8. The topological polar surface area (TPSA) is 140 Å². The second-order valence-electron chi connectivity index (χ2n) is 22.0. The molecule has 8 aliphatic carbocycles. The standard InChI is InChI=1S/C25H37N5O.C18H26N4.C5H11N.C2H2Br2O/c31-23(15-29-5-2-1-3-6-29)30-7-4-21-22(14-30)27-17-28-24(21)26-16-25-11-18-8-19(12-25)10-20(9-18)13-25;1-2-19-9-16-15(1)17(22-11-21-16)20-10-18-6-12-3-13(7-18)5-14(4-12)8-18;1-2-4-6-5-3-1;3-1-2(4)5/h17-20H,1-16H2,(H,26,27,28);11-14,19H,1-10H2,(H,20,21,22);6H,1-5H2;1H2. The molecule has 2 aromatic rings. The minimum absolute atomic E-state index is 0.0162. The number of rotatable bonds is 9. The van der Waals surface area contributed by atoms with E-state index in [0.717, 1.165) is 111 Å². The number of halogens is 2. The number of carbonyl (C=O) groups excluding carboxylic acids is 2. The van der Waals surface area contributed by atoms with E-state index >= 15 is 0 Å². The minimum Gasteiger partial charge on any atom is -0.369 e. The first-order valence-corrected chi connectivity index (χ1v) is 27.4. The molecule has 0 unspecified atom stereocenters. The Morgan fingerprint density at radius 2 is 1.11 bits per heavy atom. The van der Waals surface area contributed by atoms with Crippen LogP contribution >= 0.6 is 31.9 Å². The molecule has 1 amide bonds. The molecule has 0 radical (unpaired) electrons. The summed E-state index contributed by atoms with van der Waals surface area (Å²) in [6.07, 6.45) is 31.0. The molecular formula is C50H76Br2N10O2. The first-order valence-electron chi connectivity index (χ1n) is 25.5. The maximum Gasteiger partial charge on any atom is 0.237 e. The van der Waals surface area contributed by atoms with Crippen molar-refractivity contribution >= 4 is 54.1 Å². The molecule has 352 valence electrons. The first-order chi connectivity index (χ1) is 31.2. The van der Waals surface area contributed by atoms with Crippen molar-refractivity contribution in [3.8, 4) is 0 Å². The Balaban J connectivity index is 0.000000135. The van der Waals surface area contributed by atoms with Crippen LogP contribution in [-0.2, 0) is 35.5 Å². The quantitative estimate of drug-likeness (QED) is 0.143. The maximum absolute atomic E-state index is 12.9. The Labute approximate surface area is 399 Å². The molecule has 12 aliphatic rings. The van der Waals surface area contributed by atoms with Crippen LogP contribution in [0.5, 0.6) is 0 Å². The van der Waals surface area contributed by atoms with Gasteiger partial charge in [0.1, 0.15) is 24.3 Å². The van der Waals surface area contributed by atoms with Gasteiger partial charge in [-0.05, 0) is 211 Å². The third-order valence-corrected chi connectivity index (χ3v) is 18.5. The molecule has 14 rings (SSSR count). The van der Waals surface area contributed by atoms with Crippen LogP contribution in [0.15, 0.2) is 12.7 Å². The average Bonchev–Trinajstić information content (AvgIpc) is 3.30. The van der Waals surface area contributed by atoms with E-state index in [1.165, 1.54) is 145 Å². The van der Waals surface area contributed by atoms with E-state index in [-0.39, 0.29) is 10.6 Å². The summed E-state index contributed by atoms with van der Waals surface area (Å²) in [7, 11) is 0. The molecule has 14 heteroatoms. The van der Waals surface area contributed by atoms with Crippen molar-refractivity contribution in [2.45, 2.75) is 142 Å². The van der Waals surface area contributed by atoms with E-state index in [1.54, 1.807) is 12.7 Å². The highest BCUT2D eigenvalue weighted by Crippen LogP contribution is 2.61. The Morgan fingerprint density at radius 1 is 0.625 bits per heavy atom. The van der Waals surface area contributed by atoms with Crippen LogP contribution in [0, 0.1) is 46.3 Å². The predicted molar refractivity (Wildman–Crippen MR) is 262 cm³/mol. The number of nitrogens with one attached hydrogen (secondary N) is 4. The van der Waals surface area contributed by atoms with Crippen LogP contribution in [0.2, 0.25) is 0 Å². The molecule has 2 aromatic heterocycles. The van der Waals surface area contributed by atoms with Gasteiger partial charge in [0.05, 0.1) is 29.8 Å². The van der Waals surface area contributed by atoms with Gasteiger partial charge in [0.2, 0.25) is 10.6 Å². The molecule has 6 heterocycles. The van der Waals surface area contributed by atoms with E-state index in [2.05, 4.69) is 78.0 Å². The molecule has 4 N–H and O–H groups in total. The zero-order chi connectivity index (χ0) is 43.9. The fourth-order valence-corrected chi connectivity index (χ4v) is 14.9. The van der Waals surface area contributed by atoms with Crippen molar-refractivity contribution < 1.29 is 9.59 Å². The number of carbonyl (C=O) groups is 2. The number of hydrogen-bond acceptors (Lipinski definition) is 11.